The zero-order valence-electron chi connectivity index (χ0n) is 21.4. The average molecular weight is 502 g/mol. The van der Waals surface area contributed by atoms with Gasteiger partial charge in [-0.15, -0.1) is 0 Å². The van der Waals surface area contributed by atoms with Gasteiger partial charge in [-0.1, -0.05) is 18.2 Å². The first-order valence-electron chi connectivity index (χ1n) is 12.2. The third kappa shape index (κ3) is 4.79. The number of rotatable bonds is 6. The first-order valence-corrected chi connectivity index (χ1v) is 12.2. The van der Waals surface area contributed by atoms with Crippen molar-refractivity contribution in [2.75, 3.05) is 48.9 Å². The van der Waals surface area contributed by atoms with E-state index in [1.165, 1.54) is 0 Å². The van der Waals surface area contributed by atoms with Crippen LogP contribution in [0, 0.1) is 5.41 Å². The highest BCUT2D eigenvalue weighted by atomic mass is 16.5. The van der Waals surface area contributed by atoms with Crippen LogP contribution in [0.15, 0.2) is 54.7 Å². The molecule has 1 aromatic heterocycles. The maximum atomic E-state index is 13.2. The number of nitrogens with one attached hydrogen (secondary N) is 3. The maximum absolute atomic E-state index is 13.2. The number of ether oxygens (including phenoxy) is 1. The van der Waals surface area contributed by atoms with Crippen LogP contribution in [0.1, 0.15) is 24.2 Å². The summed E-state index contributed by atoms with van der Waals surface area (Å²) in [4.78, 5) is 38.8. The fraction of sp³-hybridized carbons (Fsp3) is 0.333. The molecule has 2 aromatic carbocycles. The Kier molecular flexibility index (Phi) is 6.43. The number of benzene rings is 2. The first-order chi connectivity index (χ1) is 17.8. The minimum Gasteiger partial charge on any atom is -0.495 e. The summed E-state index contributed by atoms with van der Waals surface area (Å²) in [6.07, 6.45) is 1.65. The summed E-state index contributed by atoms with van der Waals surface area (Å²) in [5.74, 6) is 1.30. The molecule has 5 rings (SSSR count). The summed E-state index contributed by atoms with van der Waals surface area (Å²) in [6.45, 7) is 5.87. The molecule has 2 amide bonds. The largest absolute Gasteiger partial charge is 0.495 e. The van der Waals surface area contributed by atoms with Crippen LogP contribution in [0.25, 0.3) is 0 Å². The van der Waals surface area contributed by atoms with Gasteiger partial charge in [0.2, 0.25) is 11.9 Å². The number of methoxy groups -OCH3 is 1. The highest BCUT2D eigenvalue weighted by Gasteiger charge is 2.39. The Bertz CT molecular complexity index is 1320. The van der Waals surface area contributed by atoms with Gasteiger partial charge in [-0.25, -0.2) is 4.98 Å². The molecule has 37 heavy (non-hydrogen) atoms. The number of carbonyl (C=O) groups is 2. The molecule has 2 aliphatic heterocycles. The summed E-state index contributed by atoms with van der Waals surface area (Å²) in [6, 6.07) is 15.2. The Balaban J connectivity index is 1.48. The van der Waals surface area contributed by atoms with Crippen LogP contribution < -0.4 is 30.5 Å². The van der Waals surface area contributed by atoms with Gasteiger partial charge in [0.05, 0.1) is 30.5 Å². The summed E-state index contributed by atoms with van der Waals surface area (Å²) < 4.78 is 5.56. The van der Waals surface area contributed by atoms with Crippen LogP contribution >= 0.6 is 0 Å². The lowest BCUT2D eigenvalue weighted by Crippen LogP contribution is -2.56. The Morgan fingerprint density at radius 2 is 1.92 bits per heavy atom. The van der Waals surface area contributed by atoms with Crippen molar-refractivity contribution in [1.82, 2.24) is 20.6 Å². The average Bonchev–Trinajstić information content (AvgIpc) is 2.95. The molecule has 3 N–H and O–H groups in total. The van der Waals surface area contributed by atoms with Crippen LogP contribution in [0.3, 0.4) is 0 Å². The lowest BCUT2D eigenvalue weighted by Gasteiger charge is -2.29. The number of aromatic nitrogens is 2. The Morgan fingerprint density at radius 3 is 2.59 bits per heavy atom. The lowest BCUT2D eigenvalue weighted by atomic mass is 9.91. The molecule has 0 aliphatic carbocycles. The molecule has 0 spiro atoms. The third-order valence-corrected chi connectivity index (χ3v) is 6.70. The Labute approximate surface area is 216 Å². The molecule has 1 saturated heterocycles. The standard InChI is InChI=1S/C27H31N7O3/c1-27(2)16-34(19-8-6-5-7-9-19)23-21(33(3)25(27)36)15-29-26(32-23)31-20-11-10-17(12-22(20)37-4)24(35)30-18-13-28-14-18/h5-12,15,18,28H,13-14,16H2,1-4H3,(H,30,35)(H,29,31,32). The monoisotopic (exact) mass is 501 g/mol. The Hall–Kier alpha value is -4.18. The van der Waals surface area contributed by atoms with Crippen molar-refractivity contribution in [2.45, 2.75) is 19.9 Å². The zero-order valence-corrected chi connectivity index (χ0v) is 21.4. The highest BCUT2D eigenvalue weighted by molar-refractivity contribution is 6.01. The van der Waals surface area contributed by atoms with Crippen LogP contribution in [-0.4, -0.2) is 61.6 Å². The fourth-order valence-electron chi connectivity index (χ4n) is 4.50. The van der Waals surface area contributed by atoms with E-state index in [0.29, 0.717) is 41.0 Å². The second-order valence-electron chi connectivity index (χ2n) is 9.94. The second-order valence-corrected chi connectivity index (χ2v) is 9.94. The van der Waals surface area contributed by atoms with E-state index in [4.69, 9.17) is 9.72 Å². The van der Waals surface area contributed by atoms with Crippen LogP contribution in [0.5, 0.6) is 5.75 Å². The number of para-hydroxylation sites is 1. The van der Waals surface area contributed by atoms with E-state index >= 15 is 0 Å². The molecule has 0 bridgehead atoms. The predicted octanol–water partition coefficient (Wildman–Crippen LogP) is 3.07. The third-order valence-electron chi connectivity index (χ3n) is 6.70. The molecule has 0 atom stereocenters. The van der Waals surface area contributed by atoms with Crippen molar-refractivity contribution in [3.05, 3.63) is 60.3 Å². The van der Waals surface area contributed by atoms with Gasteiger partial charge < -0.3 is 30.5 Å². The number of nitrogens with zero attached hydrogens (tertiary/aromatic N) is 4. The van der Waals surface area contributed by atoms with Gasteiger partial charge >= 0.3 is 0 Å². The summed E-state index contributed by atoms with van der Waals surface area (Å²) in [5.41, 5.74) is 2.03. The molecule has 2 aliphatic rings. The van der Waals surface area contributed by atoms with Crippen molar-refractivity contribution in [1.29, 1.82) is 0 Å². The molecule has 10 heteroatoms. The van der Waals surface area contributed by atoms with E-state index < -0.39 is 5.41 Å². The number of carbonyl (C=O) groups excluding carboxylic acids is 2. The summed E-state index contributed by atoms with van der Waals surface area (Å²) in [5, 5.41) is 9.35. The predicted molar refractivity (Wildman–Crippen MR) is 143 cm³/mol. The molecular weight excluding hydrogens is 470 g/mol. The summed E-state index contributed by atoms with van der Waals surface area (Å²) in [7, 11) is 3.30. The van der Waals surface area contributed by atoms with Crippen molar-refractivity contribution in [3.8, 4) is 5.75 Å². The van der Waals surface area contributed by atoms with Gasteiger partial charge in [0, 0.05) is 37.9 Å². The molecule has 192 valence electrons. The molecule has 3 aromatic rings. The first kappa shape index (κ1) is 24.5. The van der Waals surface area contributed by atoms with Gasteiger partial charge in [-0.3, -0.25) is 9.59 Å². The smallest absolute Gasteiger partial charge is 0.251 e. The molecule has 1 fully saturated rings. The van der Waals surface area contributed by atoms with Crippen molar-refractivity contribution in [2.24, 2.45) is 5.41 Å². The van der Waals surface area contributed by atoms with Gasteiger partial charge in [0.1, 0.15) is 11.4 Å². The number of hydrogen-bond donors (Lipinski definition) is 3. The van der Waals surface area contributed by atoms with Gasteiger partial charge in [0.15, 0.2) is 5.82 Å². The van der Waals surface area contributed by atoms with Crippen molar-refractivity contribution >= 4 is 40.6 Å². The fourth-order valence-corrected chi connectivity index (χ4v) is 4.50. The molecule has 0 saturated carbocycles. The molecular formula is C27H31N7O3. The number of amides is 2. The Morgan fingerprint density at radius 1 is 1.16 bits per heavy atom. The van der Waals surface area contributed by atoms with E-state index in [1.807, 2.05) is 49.1 Å². The van der Waals surface area contributed by atoms with E-state index in [9.17, 15) is 9.59 Å². The van der Waals surface area contributed by atoms with Gasteiger partial charge in [-0.2, -0.15) is 4.98 Å². The quantitative estimate of drug-likeness (QED) is 0.473. The van der Waals surface area contributed by atoms with Crippen molar-refractivity contribution in [3.63, 3.8) is 0 Å². The molecule has 0 radical (unpaired) electrons. The van der Waals surface area contributed by atoms with Crippen LogP contribution in [0.2, 0.25) is 0 Å². The van der Waals surface area contributed by atoms with Crippen LogP contribution in [-0.2, 0) is 4.79 Å². The zero-order chi connectivity index (χ0) is 26.2. The van der Waals surface area contributed by atoms with E-state index in [0.717, 1.165) is 18.8 Å². The van der Waals surface area contributed by atoms with Crippen LogP contribution in [0.4, 0.5) is 28.8 Å². The maximum Gasteiger partial charge on any atom is 0.251 e. The topological polar surface area (TPSA) is 112 Å². The summed E-state index contributed by atoms with van der Waals surface area (Å²) >= 11 is 0. The van der Waals surface area contributed by atoms with E-state index in [2.05, 4.69) is 20.9 Å². The van der Waals surface area contributed by atoms with Gasteiger partial charge in [-0.05, 0) is 44.2 Å². The van der Waals surface area contributed by atoms with Crippen molar-refractivity contribution < 1.29 is 14.3 Å². The molecule has 10 nitrogen and oxygen atoms in total. The lowest BCUT2D eigenvalue weighted by molar-refractivity contribution is -0.125. The van der Waals surface area contributed by atoms with E-state index in [1.54, 1.807) is 43.5 Å². The number of fused-ring (bicyclic) bond motifs is 1. The highest BCUT2D eigenvalue weighted by Crippen LogP contribution is 2.40. The minimum absolute atomic E-state index is 0.00953. The second kappa shape index (κ2) is 9.70. The minimum atomic E-state index is -0.645. The number of anilines is 5. The molecule has 3 heterocycles. The number of hydrogen-bond acceptors (Lipinski definition) is 8. The SMILES string of the molecule is COc1cc(C(=O)NC2CNC2)ccc1Nc1ncc2c(n1)N(c1ccccc1)CC(C)(C)C(=O)N2C. The van der Waals surface area contributed by atoms with Gasteiger partial charge in [0.25, 0.3) is 5.91 Å². The normalized spacial score (nSPS) is 16.9. The molecule has 0 unspecified atom stereocenters. The van der Waals surface area contributed by atoms with E-state index in [-0.39, 0.29) is 17.9 Å².